The second-order valence-electron chi connectivity index (χ2n) is 6.25. The molecule has 0 atom stereocenters. The molecule has 2 heterocycles. The second-order valence-corrected chi connectivity index (χ2v) is 6.25. The number of benzene rings is 1. The van der Waals surface area contributed by atoms with E-state index in [0.717, 1.165) is 29.6 Å². The molecule has 1 aromatic carbocycles. The molecule has 0 amide bonds. The zero-order valence-electron chi connectivity index (χ0n) is 14.9. The number of allylic oxidation sites excluding steroid dienone is 1. The lowest BCUT2D eigenvalue weighted by Crippen LogP contribution is -2.11. The fourth-order valence-corrected chi connectivity index (χ4v) is 2.80. The van der Waals surface area contributed by atoms with Crippen LogP contribution in [0.25, 0.3) is 16.5 Å². The van der Waals surface area contributed by atoms with Crippen LogP contribution in [0.2, 0.25) is 0 Å². The van der Waals surface area contributed by atoms with Crippen LogP contribution in [0.1, 0.15) is 24.7 Å². The number of aromatic nitrogens is 1. The van der Waals surface area contributed by atoms with Gasteiger partial charge in [-0.1, -0.05) is 13.0 Å². The Labute approximate surface area is 147 Å². The number of aliphatic imine (C=N–C) groups is 1. The molecule has 3 rings (SSSR count). The average Bonchev–Trinajstić information content (AvgIpc) is 3.25. The van der Waals surface area contributed by atoms with Gasteiger partial charge in [-0.05, 0) is 56.4 Å². The van der Waals surface area contributed by atoms with Crippen molar-refractivity contribution in [2.45, 2.75) is 13.3 Å². The molecule has 3 N–H and O–H groups in total. The number of nitrogens with zero attached hydrogens (tertiary/aromatic N) is 2. The van der Waals surface area contributed by atoms with E-state index in [1.165, 1.54) is 11.1 Å². The van der Waals surface area contributed by atoms with Crippen molar-refractivity contribution >= 4 is 28.0 Å². The summed E-state index contributed by atoms with van der Waals surface area (Å²) in [4.78, 5) is 9.99. The lowest BCUT2D eigenvalue weighted by molar-refractivity contribution is 0.456. The van der Waals surface area contributed by atoms with Gasteiger partial charge in [0.2, 0.25) is 0 Å². The average molecular weight is 336 g/mol. The summed E-state index contributed by atoms with van der Waals surface area (Å²) in [6, 6.07) is 9.66. The Kier molecular flexibility index (Phi) is 5.05. The van der Waals surface area contributed by atoms with Crippen molar-refractivity contribution in [2.24, 2.45) is 10.7 Å². The van der Waals surface area contributed by atoms with E-state index in [9.17, 15) is 0 Å². The number of amidine groups is 1. The molecule has 0 saturated carbocycles. The van der Waals surface area contributed by atoms with Crippen LogP contribution >= 0.6 is 0 Å². The molecule has 0 aliphatic rings. The number of H-pyrrole nitrogens is 1. The first kappa shape index (κ1) is 17.0. The van der Waals surface area contributed by atoms with Gasteiger partial charge in [0.1, 0.15) is 0 Å². The molecule has 0 saturated heterocycles. The minimum atomic E-state index is 0.375. The molecule has 130 valence electrons. The number of hydrogen-bond donors (Lipinski definition) is 2. The van der Waals surface area contributed by atoms with Gasteiger partial charge >= 0.3 is 0 Å². The Hall–Kier alpha value is -2.79. The highest BCUT2D eigenvalue weighted by atomic mass is 16.3. The molecule has 5 heteroatoms. The highest BCUT2D eigenvalue weighted by Gasteiger charge is 2.09. The molecule has 0 unspecified atom stereocenters. The first-order chi connectivity index (χ1) is 12.1. The Morgan fingerprint density at radius 2 is 2.16 bits per heavy atom. The minimum absolute atomic E-state index is 0.375. The van der Waals surface area contributed by atoms with Gasteiger partial charge in [0.05, 0.1) is 12.0 Å². The van der Waals surface area contributed by atoms with Gasteiger partial charge in [-0.25, -0.2) is 4.99 Å². The zero-order valence-corrected chi connectivity index (χ0v) is 14.9. The summed E-state index contributed by atoms with van der Waals surface area (Å²) in [7, 11) is 4.15. The van der Waals surface area contributed by atoms with Crippen molar-refractivity contribution in [1.82, 2.24) is 9.88 Å². The smallest absolute Gasteiger partial charge is 0.168 e. The summed E-state index contributed by atoms with van der Waals surface area (Å²) in [5.74, 6) is 0.954. The van der Waals surface area contributed by atoms with Crippen LogP contribution in [0, 0.1) is 0 Å². The highest BCUT2D eigenvalue weighted by molar-refractivity contribution is 5.98. The SMILES string of the molecule is CC/C(=C\CN(C)C)c1c[nH]c2ccc(N=C(N)c3ccco3)cc12. The van der Waals surface area contributed by atoms with E-state index >= 15 is 0 Å². The van der Waals surface area contributed by atoms with E-state index in [-0.39, 0.29) is 0 Å². The monoisotopic (exact) mass is 336 g/mol. The molecule has 25 heavy (non-hydrogen) atoms. The topological polar surface area (TPSA) is 70.5 Å². The predicted molar refractivity (Wildman–Crippen MR) is 104 cm³/mol. The molecule has 5 nitrogen and oxygen atoms in total. The maximum absolute atomic E-state index is 6.03. The molecule has 0 aliphatic heterocycles. The van der Waals surface area contributed by atoms with E-state index < -0.39 is 0 Å². The third-order valence-electron chi connectivity index (χ3n) is 4.12. The fraction of sp³-hybridized carbons (Fsp3) is 0.250. The normalized spacial score (nSPS) is 13.1. The van der Waals surface area contributed by atoms with Crippen molar-refractivity contribution in [3.63, 3.8) is 0 Å². The molecule has 2 aromatic heterocycles. The fourth-order valence-electron chi connectivity index (χ4n) is 2.80. The predicted octanol–water partition coefficient (Wildman–Crippen LogP) is 4.15. The van der Waals surface area contributed by atoms with Gasteiger partial charge in [0.25, 0.3) is 0 Å². The Bertz CT molecular complexity index is 901. The van der Waals surface area contributed by atoms with Crippen LogP contribution in [0.5, 0.6) is 0 Å². The third-order valence-corrected chi connectivity index (χ3v) is 4.12. The quantitative estimate of drug-likeness (QED) is 0.525. The van der Waals surface area contributed by atoms with Crippen LogP contribution in [-0.4, -0.2) is 36.4 Å². The van der Waals surface area contributed by atoms with Crippen LogP contribution in [-0.2, 0) is 0 Å². The van der Waals surface area contributed by atoms with Gasteiger partial charge in [-0.15, -0.1) is 0 Å². The molecular weight excluding hydrogens is 312 g/mol. The number of nitrogens with two attached hydrogens (primary N) is 1. The van der Waals surface area contributed by atoms with Crippen molar-refractivity contribution in [3.05, 3.63) is 60.2 Å². The summed E-state index contributed by atoms with van der Waals surface area (Å²) in [5.41, 5.74) is 10.5. The molecule has 0 aliphatic carbocycles. The van der Waals surface area contributed by atoms with Gasteiger partial charge in [0, 0.05) is 29.2 Å². The van der Waals surface area contributed by atoms with Crippen molar-refractivity contribution in [3.8, 4) is 0 Å². The standard InChI is InChI=1S/C20H24N4O/c1-4-14(9-10-24(2)3)17-13-22-18-8-7-15(12-16(17)18)23-20(21)19-6-5-11-25-19/h5-9,11-13,22H,4,10H2,1-3H3,(H2,21,23)/b14-9+. The minimum Gasteiger partial charge on any atom is -0.461 e. The van der Waals surface area contributed by atoms with Crippen LogP contribution in [0.15, 0.2) is 58.3 Å². The Balaban J connectivity index is 1.99. The van der Waals surface area contributed by atoms with E-state index in [4.69, 9.17) is 10.2 Å². The first-order valence-corrected chi connectivity index (χ1v) is 8.41. The summed E-state index contributed by atoms with van der Waals surface area (Å²) < 4.78 is 5.30. The van der Waals surface area contributed by atoms with Crippen LogP contribution in [0.3, 0.4) is 0 Å². The maximum atomic E-state index is 6.03. The largest absolute Gasteiger partial charge is 0.461 e. The van der Waals surface area contributed by atoms with Gasteiger partial charge in [-0.2, -0.15) is 0 Å². The van der Waals surface area contributed by atoms with Crippen molar-refractivity contribution in [2.75, 3.05) is 20.6 Å². The number of nitrogens with one attached hydrogen (secondary N) is 1. The highest BCUT2D eigenvalue weighted by Crippen LogP contribution is 2.30. The van der Waals surface area contributed by atoms with Crippen molar-refractivity contribution in [1.29, 1.82) is 0 Å². The van der Waals surface area contributed by atoms with E-state index in [2.05, 4.69) is 54.2 Å². The molecule has 0 fully saturated rings. The van der Waals surface area contributed by atoms with E-state index in [0.29, 0.717) is 11.6 Å². The Morgan fingerprint density at radius 3 is 2.84 bits per heavy atom. The number of likely N-dealkylation sites (N-methyl/N-ethyl adjacent to an activating group) is 1. The third kappa shape index (κ3) is 3.83. The lowest BCUT2D eigenvalue weighted by atomic mass is 10.0. The number of aromatic amines is 1. The molecule has 0 radical (unpaired) electrons. The van der Waals surface area contributed by atoms with Crippen LogP contribution < -0.4 is 5.73 Å². The summed E-state index contributed by atoms with van der Waals surface area (Å²) in [5, 5.41) is 1.15. The molecule has 0 spiro atoms. The molecule has 3 aromatic rings. The molecular formula is C20H24N4O. The summed E-state index contributed by atoms with van der Waals surface area (Å²) in [6.07, 6.45) is 6.91. The van der Waals surface area contributed by atoms with Gasteiger partial charge < -0.3 is 20.0 Å². The number of hydrogen-bond acceptors (Lipinski definition) is 3. The van der Waals surface area contributed by atoms with E-state index in [1.54, 1.807) is 18.4 Å². The first-order valence-electron chi connectivity index (χ1n) is 8.41. The molecule has 0 bridgehead atoms. The van der Waals surface area contributed by atoms with Crippen LogP contribution in [0.4, 0.5) is 5.69 Å². The number of fused-ring (bicyclic) bond motifs is 1. The summed E-state index contributed by atoms with van der Waals surface area (Å²) >= 11 is 0. The number of rotatable bonds is 6. The summed E-state index contributed by atoms with van der Waals surface area (Å²) in [6.45, 7) is 3.09. The second kappa shape index (κ2) is 7.40. The lowest BCUT2D eigenvalue weighted by Gasteiger charge is -2.09. The Morgan fingerprint density at radius 1 is 1.32 bits per heavy atom. The number of furan rings is 1. The van der Waals surface area contributed by atoms with Gasteiger partial charge in [-0.3, -0.25) is 0 Å². The van der Waals surface area contributed by atoms with Crippen molar-refractivity contribution < 1.29 is 4.42 Å². The van der Waals surface area contributed by atoms with Gasteiger partial charge in [0.15, 0.2) is 11.6 Å². The van der Waals surface area contributed by atoms with E-state index in [1.807, 2.05) is 12.1 Å². The zero-order chi connectivity index (χ0) is 17.8. The maximum Gasteiger partial charge on any atom is 0.168 e.